The fourth-order valence-corrected chi connectivity index (χ4v) is 5.65. The largest absolute Gasteiger partial charge is 0.490 e. The van der Waals surface area contributed by atoms with Crippen molar-refractivity contribution in [3.05, 3.63) is 64.2 Å². The summed E-state index contributed by atoms with van der Waals surface area (Å²) < 4.78 is 70.0. The molecule has 198 valence electrons. The lowest BCUT2D eigenvalue weighted by atomic mass is 9.77. The number of halogens is 4. The Kier molecular flexibility index (Phi) is 9.32. The van der Waals surface area contributed by atoms with Crippen LogP contribution in [0.1, 0.15) is 107 Å². The SMILES string of the molecule is CCCCOc1ccc(COC2CCC(c3ccc(C4CCC(C)CC4)c(F)c3F)CC2)c(F)c1F. The van der Waals surface area contributed by atoms with Crippen molar-refractivity contribution in [2.75, 3.05) is 6.61 Å². The Hall–Kier alpha value is -2.08. The Bertz CT molecular complexity index is 1010. The summed E-state index contributed by atoms with van der Waals surface area (Å²) in [5, 5.41) is 0. The molecule has 36 heavy (non-hydrogen) atoms. The lowest BCUT2D eigenvalue weighted by Gasteiger charge is -2.30. The minimum atomic E-state index is -0.986. The zero-order valence-corrected chi connectivity index (χ0v) is 21.4. The van der Waals surface area contributed by atoms with Gasteiger partial charge < -0.3 is 9.47 Å². The molecule has 6 heteroatoms. The molecule has 2 aliphatic carbocycles. The molecule has 0 N–H and O–H groups in total. The maximum Gasteiger partial charge on any atom is 0.200 e. The summed E-state index contributed by atoms with van der Waals surface area (Å²) >= 11 is 0. The molecule has 4 rings (SSSR count). The summed E-state index contributed by atoms with van der Waals surface area (Å²) in [6.07, 6.45) is 8.17. The van der Waals surface area contributed by atoms with E-state index in [9.17, 15) is 13.2 Å². The van der Waals surface area contributed by atoms with E-state index in [-0.39, 0.29) is 35.9 Å². The molecular weight excluding hydrogens is 468 g/mol. The first-order valence-corrected chi connectivity index (χ1v) is 13.6. The first-order valence-electron chi connectivity index (χ1n) is 13.6. The van der Waals surface area contributed by atoms with E-state index < -0.39 is 23.3 Å². The number of hydrogen-bond donors (Lipinski definition) is 0. The first-order chi connectivity index (χ1) is 17.4. The van der Waals surface area contributed by atoms with Gasteiger partial charge in [0.2, 0.25) is 5.82 Å². The monoisotopic (exact) mass is 506 g/mol. The highest BCUT2D eigenvalue weighted by Gasteiger charge is 2.29. The highest BCUT2D eigenvalue weighted by molar-refractivity contribution is 5.32. The number of rotatable bonds is 9. The van der Waals surface area contributed by atoms with Crippen molar-refractivity contribution in [1.29, 1.82) is 0 Å². The third-order valence-corrected chi connectivity index (χ3v) is 8.07. The minimum Gasteiger partial charge on any atom is -0.490 e. The molecule has 2 aromatic rings. The fourth-order valence-electron chi connectivity index (χ4n) is 5.65. The molecule has 0 amide bonds. The van der Waals surface area contributed by atoms with Crippen molar-refractivity contribution in [3.63, 3.8) is 0 Å². The molecule has 0 bridgehead atoms. The first kappa shape index (κ1) is 27.0. The van der Waals surface area contributed by atoms with Crippen molar-refractivity contribution in [2.45, 2.75) is 103 Å². The second-order valence-electron chi connectivity index (χ2n) is 10.7. The van der Waals surface area contributed by atoms with Crippen LogP contribution in [0.2, 0.25) is 0 Å². The summed E-state index contributed by atoms with van der Waals surface area (Å²) in [5.74, 6) is -2.68. The van der Waals surface area contributed by atoms with E-state index in [1.165, 1.54) is 12.1 Å². The quantitative estimate of drug-likeness (QED) is 0.250. The Morgan fingerprint density at radius 1 is 0.722 bits per heavy atom. The molecule has 2 saturated carbocycles. The van der Waals surface area contributed by atoms with Crippen LogP contribution >= 0.6 is 0 Å². The standard InChI is InChI=1S/C30H38F4O2/c1-3-4-17-35-26-16-11-22(27(31)30(26)34)18-36-23-12-9-21(10-13-23)25-15-14-24(28(32)29(25)33)20-7-5-19(2)6-8-20/h11,14-16,19-21,23H,3-10,12-13,17-18H2,1-2H3. The third kappa shape index (κ3) is 6.24. The molecule has 2 aromatic carbocycles. The van der Waals surface area contributed by atoms with Gasteiger partial charge >= 0.3 is 0 Å². The topological polar surface area (TPSA) is 18.5 Å². The van der Waals surface area contributed by atoms with Crippen LogP contribution < -0.4 is 4.74 Å². The van der Waals surface area contributed by atoms with Gasteiger partial charge in [0.05, 0.1) is 19.3 Å². The zero-order chi connectivity index (χ0) is 25.7. The summed E-state index contributed by atoms with van der Waals surface area (Å²) in [4.78, 5) is 0. The average Bonchev–Trinajstić information content (AvgIpc) is 2.89. The van der Waals surface area contributed by atoms with Gasteiger partial charge in [-0.15, -0.1) is 0 Å². The maximum absolute atomic E-state index is 15.1. The molecular formula is C30H38F4O2. The second kappa shape index (κ2) is 12.4. The third-order valence-electron chi connectivity index (χ3n) is 8.07. The Balaban J connectivity index is 1.30. The summed E-state index contributed by atoms with van der Waals surface area (Å²) in [6.45, 7) is 4.52. The van der Waals surface area contributed by atoms with Gasteiger partial charge in [-0.25, -0.2) is 13.2 Å². The van der Waals surface area contributed by atoms with Gasteiger partial charge in [0, 0.05) is 5.56 Å². The van der Waals surface area contributed by atoms with E-state index in [1.54, 1.807) is 12.1 Å². The van der Waals surface area contributed by atoms with Gasteiger partial charge in [0.1, 0.15) is 0 Å². The maximum atomic E-state index is 15.1. The average molecular weight is 507 g/mol. The van der Waals surface area contributed by atoms with Crippen LogP contribution in [0, 0.1) is 29.2 Å². The highest BCUT2D eigenvalue weighted by Crippen LogP contribution is 2.41. The predicted molar refractivity (Wildman–Crippen MR) is 133 cm³/mol. The normalized spacial score (nSPS) is 24.6. The Morgan fingerprint density at radius 2 is 1.31 bits per heavy atom. The molecule has 0 saturated heterocycles. The van der Waals surface area contributed by atoms with Gasteiger partial charge in [0.25, 0.3) is 0 Å². The van der Waals surface area contributed by atoms with Crippen LogP contribution in [0.3, 0.4) is 0 Å². The minimum absolute atomic E-state index is 0.0367. The van der Waals surface area contributed by atoms with Gasteiger partial charge in [-0.05, 0) is 86.0 Å². The van der Waals surface area contributed by atoms with Gasteiger partial charge in [-0.1, -0.05) is 45.2 Å². The number of benzene rings is 2. The van der Waals surface area contributed by atoms with Crippen LogP contribution in [0.5, 0.6) is 5.75 Å². The van der Waals surface area contributed by atoms with Crippen LogP contribution in [0.15, 0.2) is 24.3 Å². The van der Waals surface area contributed by atoms with Crippen molar-refractivity contribution >= 4 is 0 Å². The zero-order valence-electron chi connectivity index (χ0n) is 21.4. The van der Waals surface area contributed by atoms with Crippen LogP contribution in [0.25, 0.3) is 0 Å². The van der Waals surface area contributed by atoms with E-state index in [0.29, 0.717) is 49.3 Å². The van der Waals surface area contributed by atoms with E-state index in [4.69, 9.17) is 9.47 Å². The van der Waals surface area contributed by atoms with Crippen molar-refractivity contribution in [2.24, 2.45) is 5.92 Å². The van der Waals surface area contributed by atoms with Crippen molar-refractivity contribution in [3.8, 4) is 5.75 Å². The van der Waals surface area contributed by atoms with Gasteiger partial charge in [-0.2, -0.15) is 4.39 Å². The number of unbranched alkanes of at least 4 members (excludes halogenated alkanes) is 1. The fraction of sp³-hybridized carbons (Fsp3) is 0.600. The van der Waals surface area contributed by atoms with Gasteiger partial charge in [-0.3, -0.25) is 0 Å². The van der Waals surface area contributed by atoms with E-state index in [0.717, 1.165) is 38.5 Å². The van der Waals surface area contributed by atoms with E-state index in [2.05, 4.69) is 6.92 Å². The molecule has 2 aliphatic rings. The van der Waals surface area contributed by atoms with Crippen molar-refractivity contribution < 1.29 is 27.0 Å². The molecule has 0 unspecified atom stereocenters. The molecule has 0 aliphatic heterocycles. The van der Waals surface area contributed by atoms with Crippen LogP contribution in [-0.4, -0.2) is 12.7 Å². The number of ether oxygens (including phenoxy) is 2. The van der Waals surface area contributed by atoms with E-state index in [1.807, 2.05) is 6.92 Å². The molecule has 0 atom stereocenters. The van der Waals surface area contributed by atoms with E-state index >= 15 is 4.39 Å². The molecule has 0 aromatic heterocycles. The lowest BCUT2D eigenvalue weighted by molar-refractivity contribution is 0.0116. The van der Waals surface area contributed by atoms with Crippen molar-refractivity contribution in [1.82, 2.24) is 0 Å². The smallest absolute Gasteiger partial charge is 0.200 e. The molecule has 2 fully saturated rings. The highest BCUT2D eigenvalue weighted by atomic mass is 19.2. The number of hydrogen-bond acceptors (Lipinski definition) is 2. The summed E-state index contributed by atoms with van der Waals surface area (Å²) in [5.41, 5.74) is 1.13. The van der Waals surface area contributed by atoms with Crippen LogP contribution in [0.4, 0.5) is 17.6 Å². The summed E-state index contributed by atoms with van der Waals surface area (Å²) in [7, 11) is 0. The summed E-state index contributed by atoms with van der Waals surface area (Å²) in [6, 6.07) is 6.51. The Labute approximate surface area is 212 Å². The molecule has 0 spiro atoms. The van der Waals surface area contributed by atoms with Crippen LogP contribution in [-0.2, 0) is 11.3 Å². The molecule has 0 radical (unpaired) electrons. The predicted octanol–water partition coefficient (Wildman–Crippen LogP) is 8.96. The molecule has 2 nitrogen and oxygen atoms in total. The second-order valence-corrected chi connectivity index (χ2v) is 10.7. The van der Waals surface area contributed by atoms with Gasteiger partial charge in [0.15, 0.2) is 23.2 Å². The molecule has 0 heterocycles. The Morgan fingerprint density at radius 3 is 1.89 bits per heavy atom. The lowest BCUT2D eigenvalue weighted by Crippen LogP contribution is -2.22.